The van der Waals surface area contributed by atoms with Crippen LogP contribution in [0.25, 0.3) is 16.9 Å². The van der Waals surface area contributed by atoms with Gasteiger partial charge < -0.3 is 14.5 Å². The van der Waals surface area contributed by atoms with Crippen LogP contribution in [0.2, 0.25) is 0 Å². The molecule has 0 unspecified atom stereocenters. The van der Waals surface area contributed by atoms with Gasteiger partial charge in [-0.15, -0.1) is 0 Å². The highest BCUT2D eigenvalue weighted by Crippen LogP contribution is 2.33. The van der Waals surface area contributed by atoms with Crippen molar-refractivity contribution < 1.29 is 9.47 Å². The number of aryl methyl sites for hydroxylation is 1. The van der Waals surface area contributed by atoms with E-state index in [0.29, 0.717) is 23.6 Å². The number of ether oxygens (including phenoxy) is 2. The highest BCUT2D eigenvalue weighted by Gasteiger charge is 2.16. The van der Waals surface area contributed by atoms with E-state index in [1.807, 2.05) is 31.2 Å². The zero-order valence-electron chi connectivity index (χ0n) is 17.9. The van der Waals surface area contributed by atoms with Crippen molar-refractivity contribution in [2.75, 3.05) is 13.7 Å². The number of aromatic amines is 1. The molecule has 0 aliphatic heterocycles. The first kappa shape index (κ1) is 21.0. The fraction of sp³-hybridized carbons (Fsp3) is 0.478. The molecular weight excluding hydrogens is 366 g/mol. The summed E-state index contributed by atoms with van der Waals surface area (Å²) in [7, 11) is 1.63. The summed E-state index contributed by atoms with van der Waals surface area (Å²) in [6, 6.07) is 7.59. The fourth-order valence-electron chi connectivity index (χ4n) is 3.54. The average molecular weight is 398 g/mol. The number of H-pyrrole nitrogens is 1. The van der Waals surface area contributed by atoms with Crippen molar-refractivity contribution in [2.24, 2.45) is 0 Å². The molecule has 2 aromatic heterocycles. The monoisotopic (exact) mass is 397 g/mol. The van der Waals surface area contributed by atoms with E-state index in [2.05, 4.69) is 17.0 Å². The zero-order chi connectivity index (χ0) is 20.8. The lowest BCUT2D eigenvalue weighted by molar-refractivity contribution is 0.304. The molecule has 0 bridgehead atoms. The molecular formula is C23H31N3O3. The molecule has 0 fully saturated rings. The molecule has 0 atom stereocenters. The van der Waals surface area contributed by atoms with Crippen LogP contribution in [0.1, 0.15) is 56.7 Å². The van der Waals surface area contributed by atoms with Gasteiger partial charge in [0.25, 0.3) is 5.56 Å². The van der Waals surface area contributed by atoms with Gasteiger partial charge in [0.05, 0.1) is 25.1 Å². The van der Waals surface area contributed by atoms with E-state index in [4.69, 9.17) is 9.47 Å². The number of benzene rings is 1. The van der Waals surface area contributed by atoms with Gasteiger partial charge in [-0.3, -0.25) is 4.79 Å². The minimum absolute atomic E-state index is 0.137. The third kappa shape index (κ3) is 4.81. The van der Waals surface area contributed by atoms with Gasteiger partial charge in [-0.1, -0.05) is 39.0 Å². The summed E-state index contributed by atoms with van der Waals surface area (Å²) in [5, 5.41) is 4.26. The molecule has 6 nitrogen and oxygen atoms in total. The van der Waals surface area contributed by atoms with E-state index in [-0.39, 0.29) is 5.56 Å². The molecule has 3 rings (SSSR count). The molecule has 29 heavy (non-hydrogen) atoms. The predicted molar refractivity (Wildman–Crippen MR) is 116 cm³/mol. The molecule has 0 amide bonds. The predicted octanol–water partition coefficient (Wildman–Crippen LogP) is 5.05. The molecule has 1 N–H and O–H groups in total. The van der Waals surface area contributed by atoms with E-state index >= 15 is 0 Å². The van der Waals surface area contributed by atoms with Crippen molar-refractivity contribution in [1.29, 1.82) is 0 Å². The van der Waals surface area contributed by atoms with E-state index in [1.54, 1.807) is 14.0 Å². The van der Waals surface area contributed by atoms with Crippen molar-refractivity contribution in [2.45, 2.75) is 59.3 Å². The summed E-state index contributed by atoms with van der Waals surface area (Å²) < 4.78 is 12.9. The molecule has 0 radical (unpaired) electrons. The molecule has 1 aromatic carbocycles. The molecule has 0 saturated carbocycles. The Hall–Kier alpha value is -2.76. The van der Waals surface area contributed by atoms with Gasteiger partial charge in [0.2, 0.25) is 0 Å². The number of rotatable bonds is 10. The Morgan fingerprint density at radius 1 is 1.07 bits per heavy atom. The normalized spacial score (nSPS) is 11.2. The summed E-state index contributed by atoms with van der Waals surface area (Å²) in [6.07, 6.45) is 7.36. The van der Waals surface area contributed by atoms with E-state index in [0.717, 1.165) is 29.1 Å². The lowest BCUT2D eigenvalue weighted by atomic mass is 10.1. The number of hydrogen-bond donors (Lipinski definition) is 1. The molecule has 0 aliphatic carbocycles. The fourth-order valence-corrected chi connectivity index (χ4v) is 3.54. The molecule has 156 valence electrons. The second-order valence-electron chi connectivity index (χ2n) is 7.49. The Kier molecular flexibility index (Phi) is 6.96. The van der Waals surface area contributed by atoms with Crippen LogP contribution in [0.5, 0.6) is 11.5 Å². The van der Waals surface area contributed by atoms with Gasteiger partial charge in [-0.2, -0.15) is 9.61 Å². The van der Waals surface area contributed by atoms with Crippen molar-refractivity contribution in [1.82, 2.24) is 14.6 Å². The summed E-state index contributed by atoms with van der Waals surface area (Å²) in [6.45, 7) is 6.58. The maximum Gasteiger partial charge on any atom is 0.277 e. The largest absolute Gasteiger partial charge is 0.496 e. The van der Waals surface area contributed by atoms with E-state index in [1.165, 1.54) is 36.6 Å². The van der Waals surface area contributed by atoms with Crippen LogP contribution in [-0.4, -0.2) is 28.3 Å². The molecule has 0 aliphatic rings. The van der Waals surface area contributed by atoms with Crippen LogP contribution in [0.3, 0.4) is 0 Å². The lowest BCUT2D eigenvalue weighted by Gasteiger charge is -2.14. The third-order valence-electron chi connectivity index (χ3n) is 5.18. The molecule has 6 heteroatoms. The minimum atomic E-state index is -0.137. The van der Waals surface area contributed by atoms with Crippen LogP contribution in [-0.2, 0) is 0 Å². The SMILES string of the molecule is CCCCCCCCOc1ccc(OC)c(-c2[nH]c3cc(C)nn3c(=O)c2C)c1. The summed E-state index contributed by atoms with van der Waals surface area (Å²) in [5.74, 6) is 1.47. The molecule has 0 spiro atoms. The van der Waals surface area contributed by atoms with Crippen molar-refractivity contribution in [3.05, 3.63) is 45.9 Å². The van der Waals surface area contributed by atoms with Crippen LogP contribution in [0.4, 0.5) is 0 Å². The lowest BCUT2D eigenvalue weighted by Crippen LogP contribution is -2.19. The topological polar surface area (TPSA) is 68.6 Å². The highest BCUT2D eigenvalue weighted by atomic mass is 16.5. The number of unbranched alkanes of at least 4 members (excludes halogenated alkanes) is 5. The average Bonchev–Trinajstić information content (AvgIpc) is 3.10. The highest BCUT2D eigenvalue weighted by molar-refractivity contribution is 5.72. The van der Waals surface area contributed by atoms with Crippen LogP contribution in [0.15, 0.2) is 29.1 Å². The van der Waals surface area contributed by atoms with Gasteiger partial charge in [0.1, 0.15) is 17.1 Å². The van der Waals surface area contributed by atoms with Crippen molar-refractivity contribution in [3.8, 4) is 22.8 Å². The Balaban J connectivity index is 1.82. The molecule has 3 aromatic rings. The number of fused-ring (bicyclic) bond motifs is 1. The van der Waals surface area contributed by atoms with E-state index in [9.17, 15) is 4.79 Å². The third-order valence-corrected chi connectivity index (χ3v) is 5.18. The van der Waals surface area contributed by atoms with Crippen LogP contribution < -0.4 is 15.0 Å². The minimum Gasteiger partial charge on any atom is -0.496 e. The summed E-state index contributed by atoms with van der Waals surface area (Å²) in [5.41, 5.74) is 3.44. The Morgan fingerprint density at radius 3 is 2.59 bits per heavy atom. The van der Waals surface area contributed by atoms with Gasteiger partial charge in [0.15, 0.2) is 0 Å². The number of hydrogen-bond acceptors (Lipinski definition) is 4. The Labute approximate surface area is 171 Å². The second kappa shape index (κ2) is 9.63. The Morgan fingerprint density at radius 2 is 1.83 bits per heavy atom. The molecule has 2 heterocycles. The first-order valence-electron chi connectivity index (χ1n) is 10.5. The van der Waals surface area contributed by atoms with Crippen molar-refractivity contribution >= 4 is 5.65 Å². The van der Waals surface area contributed by atoms with Gasteiger partial charge in [-0.25, -0.2) is 0 Å². The Bertz CT molecular complexity index is 1020. The zero-order valence-corrected chi connectivity index (χ0v) is 17.9. The maximum atomic E-state index is 12.7. The first-order valence-corrected chi connectivity index (χ1v) is 10.5. The molecule has 0 saturated heterocycles. The number of aromatic nitrogens is 3. The number of nitrogens with one attached hydrogen (secondary N) is 1. The van der Waals surface area contributed by atoms with Crippen LogP contribution in [0, 0.1) is 13.8 Å². The number of nitrogens with zero attached hydrogens (tertiary/aromatic N) is 2. The van der Waals surface area contributed by atoms with E-state index < -0.39 is 0 Å². The van der Waals surface area contributed by atoms with Crippen molar-refractivity contribution in [3.63, 3.8) is 0 Å². The van der Waals surface area contributed by atoms with Gasteiger partial charge in [-0.05, 0) is 38.5 Å². The smallest absolute Gasteiger partial charge is 0.277 e. The van der Waals surface area contributed by atoms with Gasteiger partial charge in [0, 0.05) is 17.2 Å². The summed E-state index contributed by atoms with van der Waals surface area (Å²) >= 11 is 0. The summed E-state index contributed by atoms with van der Waals surface area (Å²) in [4.78, 5) is 16.1. The van der Waals surface area contributed by atoms with Crippen LogP contribution >= 0.6 is 0 Å². The quantitative estimate of drug-likeness (QED) is 0.486. The number of methoxy groups -OCH3 is 1. The first-order chi connectivity index (χ1) is 14.0. The van der Waals surface area contributed by atoms with Gasteiger partial charge >= 0.3 is 0 Å². The standard InChI is InChI=1S/C23H31N3O3/c1-5-6-7-8-9-10-13-29-18-11-12-20(28-4)19(15-18)22-17(3)23(27)26-21(24-22)14-16(2)25-26/h11-12,14-15,24H,5-10,13H2,1-4H3. The second-order valence-corrected chi connectivity index (χ2v) is 7.49. The maximum absolute atomic E-state index is 12.7.